The van der Waals surface area contributed by atoms with E-state index in [1.54, 1.807) is 18.3 Å². The van der Waals surface area contributed by atoms with Gasteiger partial charge < -0.3 is 19.7 Å². The van der Waals surface area contributed by atoms with E-state index >= 15 is 0 Å². The van der Waals surface area contributed by atoms with Gasteiger partial charge in [0.2, 0.25) is 5.91 Å². The fourth-order valence-electron chi connectivity index (χ4n) is 4.22. The molecular formula is C30H26BrN3O4S2. The summed E-state index contributed by atoms with van der Waals surface area (Å²) in [6.07, 6.45) is 3.69. The second-order valence-corrected chi connectivity index (χ2v) is 12.0. The van der Waals surface area contributed by atoms with Crippen LogP contribution in [0.1, 0.15) is 22.9 Å². The normalized spacial score (nSPS) is 15.4. The first-order valence-electron chi connectivity index (χ1n) is 12.6. The lowest BCUT2D eigenvalue weighted by molar-refractivity contribution is -0.138. The van der Waals surface area contributed by atoms with Crippen LogP contribution in [0.4, 0.5) is 5.69 Å². The number of esters is 1. The molecule has 40 heavy (non-hydrogen) atoms. The number of carbonyl (C=O) groups excluding carboxylic acids is 2. The Bertz CT molecular complexity index is 1670. The number of halogens is 1. The minimum atomic E-state index is -0.630. The van der Waals surface area contributed by atoms with Crippen LogP contribution in [-0.4, -0.2) is 33.2 Å². The van der Waals surface area contributed by atoms with E-state index in [4.69, 9.17) is 4.74 Å². The van der Waals surface area contributed by atoms with Gasteiger partial charge in [-0.1, -0.05) is 51.5 Å². The highest BCUT2D eigenvalue weighted by Gasteiger charge is 2.33. The number of fused-ring (bicyclic) bond motifs is 1. The summed E-state index contributed by atoms with van der Waals surface area (Å²) in [6.45, 7) is 4.49. The molecule has 0 radical (unpaired) electrons. The van der Waals surface area contributed by atoms with Gasteiger partial charge >= 0.3 is 5.97 Å². The van der Waals surface area contributed by atoms with E-state index < -0.39 is 5.97 Å². The van der Waals surface area contributed by atoms with Gasteiger partial charge in [0.25, 0.3) is 0 Å². The summed E-state index contributed by atoms with van der Waals surface area (Å²) in [4.78, 5) is 31.8. The molecule has 1 aliphatic heterocycles. The van der Waals surface area contributed by atoms with Gasteiger partial charge in [-0.15, -0.1) is 11.3 Å². The molecule has 0 unspecified atom stereocenters. The molecule has 4 aromatic rings. The first-order chi connectivity index (χ1) is 19.3. The molecule has 0 saturated heterocycles. The highest BCUT2D eigenvalue weighted by Crippen LogP contribution is 2.41. The quantitative estimate of drug-likeness (QED) is 0.198. The highest BCUT2D eigenvalue weighted by molar-refractivity contribution is 9.10. The monoisotopic (exact) mass is 635 g/mol. The molecule has 10 heteroatoms. The van der Waals surface area contributed by atoms with Crippen molar-refractivity contribution in [1.29, 1.82) is 0 Å². The van der Waals surface area contributed by atoms with E-state index in [1.165, 1.54) is 11.8 Å². The van der Waals surface area contributed by atoms with Crippen molar-refractivity contribution in [3.05, 3.63) is 103 Å². The fraction of sp³-hybridized carbons (Fsp3) is 0.167. The number of thiophene rings is 1. The zero-order chi connectivity index (χ0) is 28.2. The van der Waals surface area contributed by atoms with Gasteiger partial charge in [-0.2, -0.15) is 0 Å². The first kappa shape index (κ1) is 27.9. The molecule has 1 aliphatic rings. The number of rotatable bonds is 8. The summed E-state index contributed by atoms with van der Waals surface area (Å²) >= 11 is 6.34. The maximum absolute atomic E-state index is 12.8. The number of benzene rings is 2. The van der Waals surface area contributed by atoms with Gasteiger partial charge in [-0.25, -0.2) is 9.79 Å². The molecule has 204 valence electrons. The van der Waals surface area contributed by atoms with Crippen LogP contribution < -0.4 is 5.32 Å². The van der Waals surface area contributed by atoms with Gasteiger partial charge in [0.1, 0.15) is 22.9 Å². The lowest BCUT2D eigenvalue weighted by atomic mass is 10.1. The summed E-state index contributed by atoms with van der Waals surface area (Å²) in [5.41, 5.74) is 3.45. The third kappa shape index (κ3) is 6.24. The van der Waals surface area contributed by atoms with Crippen molar-refractivity contribution >= 4 is 78.6 Å². The van der Waals surface area contributed by atoms with Gasteiger partial charge in [0.15, 0.2) is 0 Å². The molecule has 0 spiro atoms. The summed E-state index contributed by atoms with van der Waals surface area (Å²) in [5.74, 6) is -0.921. The molecule has 1 amide bonds. The number of carbonyl (C=O) groups is 2. The zero-order valence-corrected chi connectivity index (χ0v) is 25.0. The smallest absolute Gasteiger partial charge is 0.344 e. The molecule has 3 heterocycles. The SMILES string of the molecule is CCOC(=O)C1=C(O)/C(=C/c2cn(CC(=O)NCc3cccs3)c3ccc(Br)cc23)SC1=Nc1ccc(C)cc1. The average Bonchev–Trinajstić information content (AvgIpc) is 3.63. The Morgan fingerprint density at radius 3 is 2.70 bits per heavy atom. The number of aromatic nitrogens is 1. The largest absolute Gasteiger partial charge is 0.506 e. The second-order valence-electron chi connectivity index (χ2n) is 9.04. The maximum Gasteiger partial charge on any atom is 0.344 e. The molecule has 0 bridgehead atoms. The van der Waals surface area contributed by atoms with Crippen molar-refractivity contribution in [2.75, 3.05) is 6.61 Å². The van der Waals surface area contributed by atoms with Crippen LogP contribution in [0.15, 0.2) is 91.9 Å². The van der Waals surface area contributed by atoms with Gasteiger partial charge in [-0.05, 0) is 61.7 Å². The van der Waals surface area contributed by atoms with E-state index in [1.807, 2.05) is 83.7 Å². The topological polar surface area (TPSA) is 92.9 Å². The number of hydrogen-bond donors (Lipinski definition) is 2. The molecular weight excluding hydrogens is 610 g/mol. The van der Waals surface area contributed by atoms with Gasteiger partial charge in [-0.3, -0.25) is 4.79 Å². The highest BCUT2D eigenvalue weighted by atomic mass is 79.9. The number of nitrogens with one attached hydrogen (secondary N) is 1. The van der Waals surface area contributed by atoms with Crippen LogP contribution >= 0.6 is 39.0 Å². The molecule has 0 aliphatic carbocycles. The summed E-state index contributed by atoms with van der Waals surface area (Å²) < 4.78 is 8.00. The number of hydrogen-bond acceptors (Lipinski definition) is 7. The molecule has 2 N–H and O–H groups in total. The molecule has 2 aromatic heterocycles. The molecule has 5 rings (SSSR count). The number of ether oxygens (including phenoxy) is 1. The van der Waals surface area contributed by atoms with Crippen LogP contribution in [0.5, 0.6) is 0 Å². The summed E-state index contributed by atoms with van der Waals surface area (Å²) in [6, 6.07) is 17.4. The lowest BCUT2D eigenvalue weighted by Gasteiger charge is -2.06. The Hall–Kier alpha value is -3.60. The predicted molar refractivity (Wildman–Crippen MR) is 166 cm³/mol. The van der Waals surface area contributed by atoms with Crippen molar-refractivity contribution in [3.8, 4) is 0 Å². The molecule has 7 nitrogen and oxygen atoms in total. The minimum absolute atomic E-state index is 0.0385. The minimum Gasteiger partial charge on any atom is -0.506 e. The Labute approximate surface area is 248 Å². The van der Waals surface area contributed by atoms with Crippen LogP contribution in [0.25, 0.3) is 17.0 Å². The van der Waals surface area contributed by atoms with Crippen molar-refractivity contribution in [2.45, 2.75) is 26.9 Å². The molecule has 0 atom stereocenters. The Morgan fingerprint density at radius 2 is 1.98 bits per heavy atom. The molecule has 2 aromatic carbocycles. The van der Waals surface area contributed by atoms with Gasteiger partial charge in [0.05, 0.1) is 23.7 Å². The van der Waals surface area contributed by atoms with Crippen LogP contribution in [0.2, 0.25) is 0 Å². The Balaban J connectivity index is 1.50. The standard InChI is InChI=1S/C30H26BrN3O4S2/c1-3-38-30(37)27-28(36)25(40-29(27)33-21-9-6-18(2)7-10-21)13-19-16-34(24-11-8-20(31)14-23(19)24)17-26(35)32-15-22-5-4-12-39-22/h4-14,16,36H,3,15,17H2,1-2H3,(H,32,35)/b25-13-,33-29?. The Kier molecular flexibility index (Phi) is 8.58. The van der Waals surface area contributed by atoms with Gasteiger partial charge in [0, 0.05) is 32.0 Å². The third-order valence-corrected chi connectivity index (χ3v) is 8.54. The third-order valence-electron chi connectivity index (χ3n) is 6.15. The predicted octanol–water partition coefficient (Wildman–Crippen LogP) is 7.28. The van der Waals surface area contributed by atoms with Crippen LogP contribution in [-0.2, 0) is 27.4 Å². The number of aliphatic hydroxyl groups excluding tert-OH is 1. The average molecular weight is 637 g/mol. The van der Waals surface area contributed by atoms with Crippen molar-refractivity contribution in [1.82, 2.24) is 9.88 Å². The maximum atomic E-state index is 12.8. The number of thioether (sulfide) groups is 1. The lowest BCUT2D eigenvalue weighted by Crippen LogP contribution is -2.26. The van der Waals surface area contributed by atoms with Crippen LogP contribution in [0, 0.1) is 6.92 Å². The number of amides is 1. The van der Waals surface area contributed by atoms with Crippen LogP contribution in [0.3, 0.4) is 0 Å². The zero-order valence-electron chi connectivity index (χ0n) is 21.8. The van der Waals surface area contributed by atoms with E-state index in [2.05, 4.69) is 26.2 Å². The number of aliphatic imine (C=N–C) groups is 1. The van der Waals surface area contributed by atoms with Crippen molar-refractivity contribution < 1.29 is 19.4 Å². The van der Waals surface area contributed by atoms with E-state index in [0.29, 0.717) is 22.2 Å². The number of nitrogens with zero attached hydrogens (tertiary/aromatic N) is 2. The van der Waals surface area contributed by atoms with Crippen molar-refractivity contribution in [3.63, 3.8) is 0 Å². The van der Waals surface area contributed by atoms with E-state index in [9.17, 15) is 14.7 Å². The second kappa shape index (κ2) is 12.3. The summed E-state index contributed by atoms with van der Waals surface area (Å²) in [7, 11) is 0. The number of aliphatic hydroxyl groups is 1. The fourth-order valence-corrected chi connectivity index (χ4v) is 6.25. The van der Waals surface area contributed by atoms with Crippen molar-refractivity contribution in [2.24, 2.45) is 4.99 Å². The number of aryl methyl sites for hydroxylation is 1. The van der Waals surface area contributed by atoms with E-state index in [0.717, 1.165) is 31.4 Å². The first-order valence-corrected chi connectivity index (χ1v) is 15.0. The molecule has 0 saturated carbocycles. The van der Waals surface area contributed by atoms with E-state index in [-0.39, 0.29) is 30.4 Å². The molecule has 0 fully saturated rings. The Morgan fingerprint density at radius 1 is 1.18 bits per heavy atom. The summed E-state index contributed by atoms with van der Waals surface area (Å²) in [5, 5.41) is 17.4.